The number of halogens is 1. The van der Waals surface area contributed by atoms with Crippen molar-refractivity contribution >= 4 is 16.0 Å². The molecule has 0 saturated heterocycles. The van der Waals surface area contributed by atoms with Gasteiger partial charge in [-0.3, -0.25) is 0 Å². The van der Waals surface area contributed by atoms with Crippen LogP contribution in [0.3, 0.4) is 0 Å². The van der Waals surface area contributed by atoms with Crippen molar-refractivity contribution in [2.24, 2.45) is 11.8 Å². The van der Waals surface area contributed by atoms with Crippen LogP contribution in [0.25, 0.3) is 0 Å². The van der Waals surface area contributed by atoms with Gasteiger partial charge in [0.25, 0.3) is 0 Å². The first kappa shape index (κ1) is 14.5. The fraction of sp³-hybridized carbons (Fsp3) is 0.500. The molecule has 0 aromatic heterocycles. The summed E-state index contributed by atoms with van der Waals surface area (Å²) in [6.45, 7) is 0. The molecule has 0 amide bonds. The molecule has 114 valence electrons. The van der Waals surface area contributed by atoms with E-state index in [0.29, 0.717) is 11.8 Å². The maximum atomic E-state index is 13.8. The second-order valence-corrected chi connectivity index (χ2v) is 7.45. The van der Waals surface area contributed by atoms with Gasteiger partial charge in [0, 0.05) is 6.04 Å². The molecule has 2 saturated carbocycles. The number of benzene rings is 1. The van der Waals surface area contributed by atoms with E-state index in [1.54, 1.807) is 0 Å². The van der Waals surface area contributed by atoms with Crippen molar-refractivity contribution in [3.63, 3.8) is 0 Å². The van der Waals surface area contributed by atoms with Crippen LogP contribution in [-0.2, 0) is 10.0 Å². The lowest BCUT2D eigenvalue weighted by Gasteiger charge is -2.18. The standard InChI is InChI=1S/C14H16FNO4S/c15-11-6-5-10(14(17)18)7-12(11)21(19,20)16-13(8-1-2-8)9-3-4-9/h5-9,13,16H,1-4H2,(H,17,18). The van der Waals surface area contributed by atoms with Crippen LogP contribution >= 0.6 is 0 Å². The van der Waals surface area contributed by atoms with Gasteiger partial charge in [-0.05, 0) is 55.7 Å². The normalized spacial score (nSPS) is 19.0. The summed E-state index contributed by atoms with van der Waals surface area (Å²) in [4.78, 5) is 10.3. The van der Waals surface area contributed by atoms with Crippen LogP contribution in [0.5, 0.6) is 0 Å². The minimum Gasteiger partial charge on any atom is -0.478 e. The lowest BCUT2D eigenvalue weighted by atomic mass is 10.1. The van der Waals surface area contributed by atoms with Crippen LogP contribution in [0.15, 0.2) is 23.1 Å². The summed E-state index contributed by atoms with van der Waals surface area (Å²) < 4.78 is 41.1. The monoisotopic (exact) mass is 313 g/mol. The minimum absolute atomic E-state index is 0.150. The molecule has 1 aromatic rings. The first-order valence-corrected chi connectivity index (χ1v) is 8.42. The van der Waals surface area contributed by atoms with E-state index in [9.17, 15) is 17.6 Å². The van der Waals surface area contributed by atoms with Crippen LogP contribution in [0.4, 0.5) is 4.39 Å². The topological polar surface area (TPSA) is 83.5 Å². The SMILES string of the molecule is O=C(O)c1ccc(F)c(S(=O)(=O)NC(C2CC2)C2CC2)c1. The van der Waals surface area contributed by atoms with Crippen molar-refractivity contribution in [2.45, 2.75) is 36.6 Å². The van der Waals surface area contributed by atoms with Crippen LogP contribution in [0, 0.1) is 17.7 Å². The molecule has 7 heteroatoms. The third kappa shape index (κ3) is 3.08. The smallest absolute Gasteiger partial charge is 0.335 e. The highest BCUT2D eigenvalue weighted by molar-refractivity contribution is 7.89. The zero-order valence-corrected chi connectivity index (χ0v) is 12.1. The third-order valence-electron chi connectivity index (χ3n) is 4.02. The Morgan fingerprint density at radius 2 is 1.81 bits per heavy atom. The van der Waals surface area contributed by atoms with Crippen molar-refractivity contribution in [3.8, 4) is 0 Å². The van der Waals surface area contributed by atoms with Crippen molar-refractivity contribution in [3.05, 3.63) is 29.6 Å². The summed E-state index contributed by atoms with van der Waals surface area (Å²) in [6, 6.07) is 2.65. The number of hydrogen-bond donors (Lipinski definition) is 2. The number of carbonyl (C=O) groups is 1. The van der Waals surface area contributed by atoms with E-state index in [4.69, 9.17) is 5.11 Å². The summed E-state index contributed by atoms with van der Waals surface area (Å²) >= 11 is 0. The van der Waals surface area contributed by atoms with E-state index >= 15 is 0 Å². The number of nitrogens with one attached hydrogen (secondary N) is 1. The minimum atomic E-state index is -4.04. The van der Waals surface area contributed by atoms with E-state index in [-0.39, 0.29) is 11.6 Å². The summed E-state index contributed by atoms with van der Waals surface area (Å²) in [7, 11) is -4.04. The molecule has 2 aliphatic rings. The van der Waals surface area contributed by atoms with Crippen LogP contribution in [-0.4, -0.2) is 25.5 Å². The Balaban J connectivity index is 1.90. The lowest BCUT2D eigenvalue weighted by molar-refractivity contribution is 0.0696. The number of rotatable bonds is 6. The Morgan fingerprint density at radius 1 is 1.24 bits per heavy atom. The van der Waals surface area contributed by atoms with Crippen molar-refractivity contribution in [1.82, 2.24) is 4.72 Å². The summed E-state index contributed by atoms with van der Waals surface area (Å²) in [5, 5.41) is 8.91. The Kier molecular flexibility index (Phi) is 3.49. The second-order valence-electron chi connectivity index (χ2n) is 5.77. The summed E-state index contributed by atoms with van der Waals surface area (Å²) in [6.07, 6.45) is 3.95. The predicted octanol–water partition coefficient (Wildman–Crippen LogP) is 1.99. The molecule has 0 atom stereocenters. The highest BCUT2D eigenvalue weighted by Crippen LogP contribution is 2.45. The number of carboxylic acid groups (broad SMARTS) is 1. The molecule has 0 unspecified atom stereocenters. The Bertz CT molecular complexity index is 668. The summed E-state index contributed by atoms with van der Waals surface area (Å²) in [5.74, 6) is -1.55. The molecular formula is C14H16FNO4S. The summed E-state index contributed by atoms with van der Waals surface area (Å²) in [5.41, 5.74) is -0.244. The molecular weight excluding hydrogens is 297 g/mol. The van der Waals surface area contributed by atoms with Crippen molar-refractivity contribution in [2.75, 3.05) is 0 Å². The van der Waals surface area contributed by atoms with Gasteiger partial charge < -0.3 is 5.11 Å². The average Bonchev–Trinajstić information content (AvgIpc) is 3.28. The van der Waals surface area contributed by atoms with Gasteiger partial charge in [0.15, 0.2) is 0 Å². The first-order chi connectivity index (χ1) is 9.88. The maximum absolute atomic E-state index is 13.8. The zero-order valence-electron chi connectivity index (χ0n) is 11.3. The molecule has 21 heavy (non-hydrogen) atoms. The Hall–Kier alpha value is -1.47. The molecule has 1 aromatic carbocycles. The van der Waals surface area contributed by atoms with Crippen LogP contribution < -0.4 is 4.72 Å². The molecule has 0 heterocycles. The zero-order chi connectivity index (χ0) is 15.2. The van der Waals surface area contributed by atoms with Crippen LogP contribution in [0.1, 0.15) is 36.0 Å². The Morgan fingerprint density at radius 3 is 2.29 bits per heavy atom. The highest BCUT2D eigenvalue weighted by atomic mass is 32.2. The molecule has 0 bridgehead atoms. The molecule has 5 nitrogen and oxygen atoms in total. The van der Waals surface area contributed by atoms with Crippen molar-refractivity contribution in [1.29, 1.82) is 0 Å². The van der Waals surface area contributed by atoms with Crippen LogP contribution in [0.2, 0.25) is 0 Å². The largest absolute Gasteiger partial charge is 0.478 e. The molecule has 2 N–H and O–H groups in total. The number of aromatic carboxylic acids is 1. The van der Waals surface area contributed by atoms with Gasteiger partial charge in [-0.2, -0.15) is 0 Å². The fourth-order valence-electron chi connectivity index (χ4n) is 2.57. The van der Waals surface area contributed by atoms with E-state index in [0.717, 1.165) is 43.9 Å². The average molecular weight is 313 g/mol. The number of hydrogen-bond acceptors (Lipinski definition) is 3. The highest BCUT2D eigenvalue weighted by Gasteiger charge is 2.43. The molecule has 2 fully saturated rings. The van der Waals surface area contributed by atoms with Gasteiger partial charge >= 0.3 is 5.97 Å². The molecule has 0 spiro atoms. The quantitative estimate of drug-likeness (QED) is 0.841. The first-order valence-electron chi connectivity index (χ1n) is 6.93. The molecule has 2 aliphatic carbocycles. The van der Waals surface area contributed by atoms with Gasteiger partial charge in [0.1, 0.15) is 10.7 Å². The Labute approximate surface area is 122 Å². The predicted molar refractivity (Wildman–Crippen MR) is 72.9 cm³/mol. The number of sulfonamides is 1. The van der Waals surface area contributed by atoms with Gasteiger partial charge in [0.05, 0.1) is 5.56 Å². The van der Waals surface area contributed by atoms with E-state index < -0.39 is 26.7 Å². The van der Waals surface area contributed by atoms with Gasteiger partial charge in [-0.1, -0.05) is 0 Å². The second kappa shape index (κ2) is 5.06. The molecule has 3 rings (SSSR count). The van der Waals surface area contributed by atoms with Gasteiger partial charge in [-0.25, -0.2) is 22.3 Å². The molecule has 0 aliphatic heterocycles. The maximum Gasteiger partial charge on any atom is 0.335 e. The molecule has 0 radical (unpaired) electrons. The van der Waals surface area contributed by atoms with E-state index in [1.165, 1.54) is 0 Å². The number of carboxylic acids is 1. The fourth-order valence-corrected chi connectivity index (χ4v) is 4.05. The van der Waals surface area contributed by atoms with Crippen molar-refractivity contribution < 1.29 is 22.7 Å². The van der Waals surface area contributed by atoms with Gasteiger partial charge in [0.2, 0.25) is 10.0 Å². The third-order valence-corrected chi connectivity index (χ3v) is 5.49. The van der Waals surface area contributed by atoms with E-state index in [2.05, 4.69) is 4.72 Å². The lowest BCUT2D eigenvalue weighted by Crippen LogP contribution is -2.38. The van der Waals surface area contributed by atoms with Gasteiger partial charge in [-0.15, -0.1) is 0 Å². The van der Waals surface area contributed by atoms with E-state index in [1.807, 2.05) is 0 Å².